The van der Waals surface area contributed by atoms with E-state index in [2.05, 4.69) is 58.6 Å². The number of nitrogens with one attached hydrogen (secondary N) is 3. The van der Waals surface area contributed by atoms with Gasteiger partial charge in [0.2, 0.25) is 0 Å². The van der Waals surface area contributed by atoms with Crippen LogP contribution in [0.2, 0.25) is 5.02 Å². The molecule has 4 rings (SSSR count). The fourth-order valence-electron chi connectivity index (χ4n) is 3.29. The first-order valence-corrected chi connectivity index (χ1v) is 8.66. The Morgan fingerprint density at radius 1 is 0.960 bits per heavy atom. The van der Waals surface area contributed by atoms with Crippen molar-refractivity contribution >= 4 is 28.3 Å². The number of aromatic nitrogens is 2. The van der Waals surface area contributed by atoms with Crippen molar-refractivity contribution in [3.05, 3.63) is 94.8 Å². The molecule has 0 aliphatic heterocycles. The van der Waals surface area contributed by atoms with E-state index >= 15 is 0 Å². The molecule has 3 N–H and O–H groups in total. The molecule has 1 unspecified atom stereocenters. The highest BCUT2D eigenvalue weighted by Gasteiger charge is 2.25. The van der Waals surface area contributed by atoms with Gasteiger partial charge in [-0.1, -0.05) is 48.0 Å². The number of halogens is 1. The minimum atomic E-state index is 0.00654. The summed E-state index contributed by atoms with van der Waals surface area (Å²) in [5.74, 6) is 0.965. The largest absolute Gasteiger partial charge is 0.358 e. The second-order valence-corrected chi connectivity index (χ2v) is 6.55. The number of hydrogen-bond donors (Lipinski definition) is 2. The average molecular weight is 349 g/mol. The van der Waals surface area contributed by atoms with Crippen LogP contribution in [0.4, 0.5) is 5.82 Å². The van der Waals surface area contributed by atoms with E-state index in [1.165, 1.54) is 10.9 Å². The van der Waals surface area contributed by atoms with Gasteiger partial charge in [0.1, 0.15) is 6.04 Å². The van der Waals surface area contributed by atoms with Gasteiger partial charge >= 0.3 is 0 Å². The molecule has 2 aromatic carbocycles. The Bertz CT molecular complexity index is 991. The minimum Gasteiger partial charge on any atom is -0.358 e. The molecule has 0 saturated carbocycles. The van der Waals surface area contributed by atoms with Gasteiger partial charge in [-0.05, 0) is 31.2 Å². The maximum atomic E-state index is 6.10. The predicted molar refractivity (Wildman–Crippen MR) is 103 cm³/mol. The highest BCUT2D eigenvalue weighted by atomic mass is 35.5. The van der Waals surface area contributed by atoms with Gasteiger partial charge in [-0.3, -0.25) is 5.32 Å². The number of benzene rings is 2. The monoisotopic (exact) mass is 348 g/mol. The third kappa shape index (κ3) is 3.11. The first kappa shape index (κ1) is 15.7. The molecule has 3 nitrogen and oxygen atoms in total. The lowest BCUT2D eigenvalue weighted by molar-refractivity contribution is -0.361. The summed E-state index contributed by atoms with van der Waals surface area (Å²) in [6.45, 7) is 2.12. The van der Waals surface area contributed by atoms with Crippen LogP contribution in [-0.4, -0.2) is 4.98 Å². The average Bonchev–Trinajstić information content (AvgIpc) is 2.97. The smallest absolute Gasteiger partial charge is 0.272 e. The summed E-state index contributed by atoms with van der Waals surface area (Å²) in [6, 6.07) is 22.4. The predicted octanol–water partition coefficient (Wildman–Crippen LogP) is 5.15. The van der Waals surface area contributed by atoms with Crippen molar-refractivity contribution in [1.82, 2.24) is 4.98 Å². The molecule has 25 heavy (non-hydrogen) atoms. The molecule has 124 valence electrons. The van der Waals surface area contributed by atoms with Gasteiger partial charge in [-0.15, -0.1) is 0 Å². The van der Waals surface area contributed by atoms with Crippen molar-refractivity contribution in [2.75, 3.05) is 5.32 Å². The molecule has 4 aromatic rings. The fourth-order valence-corrected chi connectivity index (χ4v) is 3.41. The van der Waals surface area contributed by atoms with E-state index in [1.54, 1.807) is 0 Å². The van der Waals surface area contributed by atoms with Gasteiger partial charge in [0.05, 0.1) is 6.20 Å². The fraction of sp³-hybridized carbons (Fsp3) is 0.0952. The van der Waals surface area contributed by atoms with Crippen LogP contribution in [0, 0.1) is 6.92 Å². The number of aryl methyl sites for hydroxylation is 1. The molecule has 4 heteroatoms. The first-order chi connectivity index (χ1) is 12.2. The number of H-pyrrole nitrogens is 2. The van der Waals surface area contributed by atoms with Gasteiger partial charge in [0.25, 0.3) is 5.82 Å². The molecule has 0 spiro atoms. The topological polar surface area (TPSA) is 42.0 Å². The van der Waals surface area contributed by atoms with Crippen LogP contribution < -0.4 is 10.3 Å². The molecular formula is C21H19ClN3+. The zero-order chi connectivity index (χ0) is 17.2. The Hall–Kier alpha value is -2.78. The molecule has 0 fully saturated rings. The van der Waals surface area contributed by atoms with E-state index in [0.717, 1.165) is 27.6 Å². The van der Waals surface area contributed by atoms with Crippen LogP contribution in [-0.2, 0) is 0 Å². The highest BCUT2D eigenvalue weighted by Crippen LogP contribution is 2.34. The standard InChI is InChI=1S/C21H18ClN3/c1-14-20(17-6-2-3-7-18(17)24-14)21(15-9-11-16(22)12-10-15)25-19-8-4-5-13-23-19/h2-13,21,24H,1H3,(H,23,25)/p+1. The second-order valence-electron chi connectivity index (χ2n) is 6.11. The van der Waals surface area contributed by atoms with Crippen LogP contribution in [0.1, 0.15) is 22.9 Å². The number of aromatic amines is 2. The lowest BCUT2D eigenvalue weighted by Crippen LogP contribution is -2.19. The van der Waals surface area contributed by atoms with Crippen molar-refractivity contribution in [3.8, 4) is 0 Å². The van der Waals surface area contributed by atoms with Crippen LogP contribution in [0.3, 0.4) is 0 Å². The molecule has 2 aromatic heterocycles. The normalized spacial score (nSPS) is 12.2. The third-order valence-corrected chi connectivity index (χ3v) is 4.70. The molecule has 0 saturated heterocycles. The summed E-state index contributed by atoms with van der Waals surface area (Å²) in [7, 11) is 0. The summed E-state index contributed by atoms with van der Waals surface area (Å²) in [5.41, 5.74) is 4.71. The first-order valence-electron chi connectivity index (χ1n) is 8.28. The van der Waals surface area contributed by atoms with Gasteiger partial charge in [-0.2, -0.15) is 0 Å². The maximum Gasteiger partial charge on any atom is 0.272 e. The molecule has 2 heterocycles. The van der Waals surface area contributed by atoms with E-state index in [1.807, 2.05) is 36.5 Å². The van der Waals surface area contributed by atoms with Crippen molar-refractivity contribution in [2.24, 2.45) is 0 Å². The second kappa shape index (κ2) is 6.61. The summed E-state index contributed by atoms with van der Waals surface area (Å²) >= 11 is 6.10. The summed E-state index contributed by atoms with van der Waals surface area (Å²) in [4.78, 5) is 6.76. The van der Waals surface area contributed by atoms with Crippen LogP contribution >= 0.6 is 11.6 Å². The molecule has 0 aliphatic rings. The van der Waals surface area contributed by atoms with Gasteiger partial charge in [-0.25, -0.2) is 4.98 Å². The third-order valence-electron chi connectivity index (χ3n) is 4.44. The van der Waals surface area contributed by atoms with Gasteiger partial charge in [0, 0.05) is 38.8 Å². The Kier molecular flexibility index (Phi) is 4.16. The van der Waals surface area contributed by atoms with Crippen LogP contribution in [0.15, 0.2) is 72.9 Å². The molecular weight excluding hydrogens is 330 g/mol. The summed E-state index contributed by atoms with van der Waals surface area (Å²) in [6.07, 6.45) is 1.92. The van der Waals surface area contributed by atoms with Crippen molar-refractivity contribution in [1.29, 1.82) is 0 Å². The lowest BCUT2D eigenvalue weighted by atomic mass is 9.96. The van der Waals surface area contributed by atoms with E-state index < -0.39 is 0 Å². The maximum absolute atomic E-state index is 6.10. The summed E-state index contributed by atoms with van der Waals surface area (Å²) < 4.78 is 0. The van der Waals surface area contributed by atoms with E-state index in [0.29, 0.717) is 0 Å². The SMILES string of the molecule is Cc1[nH]c2ccccc2c1C(Nc1cccc[nH+]1)c1ccc(Cl)cc1. The number of hydrogen-bond acceptors (Lipinski definition) is 1. The number of pyridine rings is 1. The van der Waals surface area contributed by atoms with E-state index in [-0.39, 0.29) is 6.04 Å². The molecule has 0 bridgehead atoms. The highest BCUT2D eigenvalue weighted by molar-refractivity contribution is 6.30. The molecule has 0 aliphatic carbocycles. The lowest BCUT2D eigenvalue weighted by Gasteiger charge is -2.16. The van der Waals surface area contributed by atoms with Crippen LogP contribution in [0.5, 0.6) is 0 Å². The Labute approximate surface area is 151 Å². The van der Waals surface area contributed by atoms with Crippen molar-refractivity contribution < 1.29 is 4.98 Å². The van der Waals surface area contributed by atoms with Crippen molar-refractivity contribution in [3.63, 3.8) is 0 Å². The quantitative estimate of drug-likeness (QED) is 0.526. The molecule has 0 amide bonds. The van der Waals surface area contributed by atoms with Crippen LogP contribution in [0.25, 0.3) is 10.9 Å². The molecule has 0 radical (unpaired) electrons. The van der Waals surface area contributed by atoms with Gasteiger partial charge in [0.15, 0.2) is 0 Å². The summed E-state index contributed by atoms with van der Waals surface area (Å²) in [5, 5.41) is 5.60. The molecule has 1 atom stereocenters. The van der Waals surface area contributed by atoms with E-state index in [9.17, 15) is 0 Å². The number of rotatable bonds is 4. The number of anilines is 1. The Morgan fingerprint density at radius 3 is 2.48 bits per heavy atom. The zero-order valence-electron chi connectivity index (χ0n) is 13.9. The van der Waals surface area contributed by atoms with Gasteiger partial charge < -0.3 is 4.98 Å². The van der Waals surface area contributed by atoms with E-state index in [4.69, 9.17) is 11.6 Å². The number of fused-ring (bicyclic) bond motifs is 1. The Morgan fingerprint density at radius 2 is 1.72 bits per heavy atom. The minimum absolute atomic E-state index is 0.00654. The Balaban J connectivity index is 1.87. The zero-order valence-corrected chi connectivity index (χ0v) is 14.6. The number of para-hydroxylation sites is 1. The van der Waals surface area contributed by atoms with Crippen molar-refractivity contribution in [2.45, 2.75) is 13.0 Å².